The van der Waals surface area contributed by atoms with Gasteiger partial charge in [-0.15, -0.1) is 0 Å². The highest BCUT2D eigenvalue weighted by atomic mass is 16.5. The van der Waals surface area contributed by atoms with Crippen LogP contribution >= 0.6 is 0 Å². The minimum absolute atomic E-state index is 0.343. The number of esters is 1. The Hall–Kier alpha value is -2.81. The van der Waals surface area contributed by atoms with Gasteiger partial charge in [0.25, 0.3) is 0 Å². The fourth-order valence-corrected chi connectivity index (χ4v) is 3.13. The van der Waals surface area contributed by atoms with Gasteiger partial charge in [-0.3, -0.25) is 0 Å². The molecule has 3 heteroatoms. The molecule has 0 saturated carbocycles. The van der Waals surface area contributed by atoms with Crippen LogP contribution < -0.4 is 10.8 Å². The van der Waals surface area contributed by atoms with E-state index in [0.29, 0.717) is 17.9 Å². The van der Waals surface area contributed by atoms with Crippen molar-refractivity contribution in [3.05, 3.63) is 71.0 Å². The van der Waals surface area contributed by atoms with Crippen LogP contribution in [0.25, 0.3) is 22.4 Å². The zero-order chi connectivity index (χ0) is 18.5. The van der Waals surface area contributed by atoms with Crippen LogP contribution in [0.15, 0.2) is 59.0 Å². The lowest BCUT2D eigenvalue weighted by atomic mass is 9.95. The first-order chi connectivity index (χ1) is 12.6. The molecule has 0 aliphatic heterocycles. The van der Waals surface area contributed by atoms with Gasteiger partial charge in [-0.1, -0.05) is 68.4 Å². The third-order valence-corrected chi connectivity index (χ3v) is 4.19. The lowest BCUT2D eigenvalue weighted by Crippen LogP contribution is -2.10. The molecule has 134 valence electrons. The second kappa shape index (κ2) is 8.05. The molecular weight excluding hydrogens is 324 g/mol. The van der Waals surface area contributed by atoms with Gasteiger partial charge in [-0.2, -0.15) is 0 Å². The minimum Gasteiger partial charge on any atom is -0.463 e. The molecule has 0 unspecified atom stereocenters. The van der Waals surface area contributed by atoms with Gasteiger partial charge in [0.2, 0.25) is 0 Å². The predicted molar refractivity (Wildman–Crippen MR) is 105 cm³/mol. The maximum atomic E-state index is 11.9. The highest BCUT2D eigenvalue weighted by molar-refractivity contribution is 6.02. The summed E-state index contributed by atoms with van der Waals surface area (Å²) < 4.78 is 11.3. The summed E-state index contributed by atoms with van der Waals surface area (Å²) in [7, 11) is 0. The van der Waals surface area contributed by atoms with Crippen molar-refractivity contribution in [3.63, 3.8) is 0 Å². The topological polar surface area (TPSA) is 39.4 Å². The van der Waals surface area contributed by atoms with Crippen molar-refractivity contribution in [1.82, 2.24) is 0 Å². The molecule has 3 aromatic rings. The van der Waals surface area contributed by atoms with E-state index in [1.807, 2.05) is 42.5 Å². The van der Waals surface area contributed by atoms with E-state index in [4.69, 9.17) is 9.15 Å². The second-order valence-electron chi connectivity index (χ2n) is 6.68. The van der Waals surface area contributed by atoms with E-state index in [1.165, 1.54) is 6.08 Å². The largest absolute Gasteiger partial charge is 0.463 e. The van der Waals surface area contributed by atoms with Crippen LogP contribution in [0.2, 0.25) is 0 Å². The van der Waals surface area contributed by atoms with Crippen molar-refractivity contribution in [2.45, 2.75) is 27.2 Å². The van der Waals surface area contributed by atoms with Crippen molar-refractivity contribution in [3.8, 4) is 0 Å². The maximum absolute atomic E-state index is 11.9. The predicted octanol–water partition coefficient (Wildman–Crippen LogP) is 4.02. The van der Waals surface area contributed by atoms with Crippen LogP contribution in [0.3, 0.4) is 0 Å². The first-order valence-corrected chi connectivity index (χ1v) is 9.04. The molecule has 1 heterocycles. The lowest BCUT2D eigenvalue weighted by Gasteiger charge is -2.09. The zero-order valence-corrected chi connectivity index (χ0v) is 15.5. The van der Waals surface area contributed by atoms with Gasteiger partial charge in [0.15, 0.2) is 0 Å². The molecule has 3 nitrogen and oxygen atoms in total. The second-order valence-corrected chi connectivity index (χ2v) is 6.68. The maximum Gasteiger partial charge on any atom is 0.334 e. The zero-order valence-electron chi connectivity index (χ0n) is 15.5. The number of furan rings is 1. The molecule has 0 amide bonds. The summed E-state index contributed by atoms with van der Waals surface area (Å²) in [6.45, 7) is 6.52. The summed E-state index contributed by atoms with van der Waals surface area (Å²) in [6, 6.07) is 18.2. The average molecular weight is 348 g/mol. The number of ether oxygens (including phenoxy) is 1. The van der Waals surface area contributed by atoms with E-state index in [0.717, 1.165) is 33.7 Å². The Balaban J connectivity index is 2.34. The first-order valence-electron chi connectivity index (χ1n) is 9.04. The van der Waals surface area contributed by atoms with E-state index >= 15 is 0 Å². The van der Waals surface area contributed by atoms with Crippen LogP contribution in [-0.2, 0) is 9.53 Å². The van der Waals surface area contributed by atoms with Crippen LogP contribution in [0.5, 0.6) is 0 Å². The molecule has 0 radical (unpaired) electrons. The Morgan fingerprint density at radius 3 is 2.35 bits per heavy atom. The minimum atomic E-state index is -0.385. The fraction of sp³-hybridized carbons (Fsp3) is 0.261. The van der Waals surface area contributed by atoms with Crippen molar-refractivity contribution >= 4 is 28.4 Å². The Labute approximate surface area is 153 Å². The number of carbonyl (C=O) groups excluding carboxylic acids is 1. The number of rotatable bonds is 5. The van der Waals surface area contributed by atoms with Gasteiger partial charge < -0.3 is 9.15 Å². The fourth-order valence-electron chi connectivity index (χ4n) is 3.13. The first kappa shape index (κ1) is 18.0. The molecule has 2 aromatic carbocycles. The summed E-state index contributed by atoms with van der Waals surface area (Å²) in [5.74, 6) is 0.0928. The quantitative estimate of drug-likeness (QED) is 0.654. The molecule has 3 rings (SSSR count). The molecule has 0 aliphatic rings. The van der Waals surface area contributed by atoms with E-state index < -0.39 is 0 Å². The van der Waals surface area contributed by atoms with E-state index in [9.17, 15) is 4.79 Å². The van der Waals surface area contributed by atoms with Gasteiger partial charge >= 0.3 is 5.97 Å². The van der Waals surface area contributed by atoms with Crippen molar-refractivity contribution < 1.29 is 13.9 Å². The third kappa shape index (κ3) is 3.88. The third-order valence-electron chi connectivity index (χ3n) is 4.19. The number of hydrogen-bond acceptors (Lipinski definition) is 3. The van der Waals surface area contributed by atoms with E-state index in [-0.39, 0.29) is 5.97 Å². The lowest BCUT2D eigenvalue weighted by molar-refractivity contribution is -0.135. The number of carbonyl (C=O) groups is 1. The van der Waals surface area contributed by atoms with E-state index in [1.54, 1.807) is 6.92 Å². The Kier molecular flexibility index (Phi) is 5.57. The highest BCUT2D eigenvalue weighted by Crippen LogP contribution is 2.21. The summed E-state index contributed by atoms with van der Waals surface area (Å²) in [4.78, 5) is 11.9. The summed E-state index contributed by atoms with van der Waals surface area (Å²) in [5, 5.41) is 1.94. The molecule has 0 aliphatic carbocycles. The van der Waals surface area contributed by atoms with Gasteiger partial charge in [-0.05, 0) is 24.8 Å². The monoisotopic (exact) mass is 348 g/mol. The normalized spacial score (nSPS) is 13.3. The van der Waals surface area contributed by atoms with Crippen molar-refractivity contribution in [2.75, 3.05) is 6.61 Å². The molecule has 1 aromatic heterocycles. The van der Waals surface area contributed by atoms with Crippen LogP contribution in [0.1, 0.15) is 32.8 Å². The number of fused-ring (bicyclic) bond motifs is 1. The molecule has 0 bridgehead atoms. The molecule has 0 spiro atoms. The van der Waals surface area contributed by atoms with Crippen LogP contribution in [0, 0.1) is 5.92 Å². The van der Waals surface area contributed by atoms with Gasteiger partial charge in [0.05, 0.1) is 12.7 Å². The smallest absolute Gasteiger partial charge is 0.334 e. The molecule has 0 N–H and O–H groups in total. The van der Waals surface area contributed by atoms with Crippen LogP contribution in [-0.4, -0.2) is 12.6 Å². The number of benzene rings is 2. The molecule has 0 atom stereocenters. The Morgan fingerprint density at radius 2 is 1.69 bits per heavy atom. The van der Waals surface area contributed by atoms with Gasteiger partial charge in [0, 0.05) is 16.3 Å². The van der Waals surface area contributed by atoms with Crippen molar-refractivity contribution in [2.24, 2.45) is 5.92 Å². The SMILES string of the molecule is CCOC(=O)/C=c1/o/c(=C(/CC(C)C)c2ccccc2)c2ccccc12. The average Bonchev–Trinajstić information content (AvgIpc) is 2.99. The summed E-state index contributed by atoms with van der Waals surface area (Å²) in [6.07, 6.45) is 2.33. The highest BCUT2D eigenvalue weighted by Gasteiger charge is 2.12. The molecule has 0 saturated heterocycles. The van der Waals surface area contributed by atoms with Crippen molar-refractivity contribution in [1.29, 1.82) is 0 Å². The molecular formula is C23H24O3. The summed E-state index contributed by atoms with van der Waals surface area (Å²) >= 11 is 0. The van der Waals surface area contributed by atoms with Gasteiger partial charge in [-0.25, -0.2) is 4.79 Å². The number of hydrogen-bond donors (Lipinski definition) is 0. The summed E-state index contributed by atoms with van der Waals surface area (Å²) in [5.41, 5.74) is 3.67. The standard InChI is InChI=1S/C23H24O3/c1-4-25-22(24)15-21-18-12-8-9-13-19(18)23(26-21)20(14-16(2)3)17-10-6-5-7-11-17/h5-13,15-16H,4,14H2,1-3H3/b21-15+,23-20-. The molecule has 26 heavy (non-hydrogen) atoms. The van der Waals surface area contributed by atoms with Crippen LogP contribution in [0.4, 0.5) is 0 Å². The van der Waals surface area contributed by atoms with Gasteiger partial charge in [0.1, 0.15) is 10.8 Å². The van der Waals surface area contributed by atoms with E-state index in [2.05, 4.69) is 26.0 Å². The Bertz CT molecular complexity index is 1010. The molecule has 0 fully saturated rings. The Morgan fingerprint density at radius 1 is 1.04 bits per heavy atom.